The van der Waals surface area contributed by atoms with E-state index in [0.717, 1.165) is 21.4 Å². The van der Waals surface area contributed by atoms with Gasteiger partial charge in [-0.05, 0) is 50.1 Å². The molecule has 0 fully saturated rings. The molecule has 0 radical (unpaired) electrons. The minimum Gasteiger partial charge on any atom is -0.352 e. The van der Waals surface area contributed by atoms with Crippen molar-refractivity contribution in [2.45, 2.75) is 57.1 Å². The van der Waals surface area contributed by atoms with Gasteiger partial charge in [0.05, 0.1) is 0 Å². The Kier molecular flexibility index (Phi) is 9.74. The SMILES string of the molecule is CC[C@@H](C)NC(=O)[C@H](C)N(Cc1ccc(Br)cc1)C(=O)CCSc1ccccc1. The molecule has 2 amide bonds. The quantitative estimate of drug-likeness (QED) is 0.475. The third kappa shape index (κ3) is 7.86. The molecule has 0 aliphatic heterocycles. The second-order valence-corrected chi connectivity index (χ2v) is 9.14. The van der Waals surface area contributed by atoms with E-state index in [1.807, 2.05) is 68.4 Å². The van der Waals surface area contributed by atoms with E-state index >= 15 is 0 Å². The van der Waals surface area contributed by atoms with Gasteiger partial charge in [0.15, 0.2) is 0 Å². The molecule has 0 saturated carbocycles. The molecule has 156 valence electrons. The summed E-state index contributed by atoms with van der Waals surface area (Å²) >= 11 is 5.09. The van der Waals surface area contributed by atoms with Crippen LogP contribution in [-0.2, 0) is 16.1 Å². The van der Waals surface area contributed by atoms with Crippen molar-refractivity contribution in [2.24, 2.45) is 0 Å². The van der Waals surface area contributed by atoms with Crippen LogP contribution in [0.4, 0.5) is 0 Å². The second kappa shape index (κ2) is 12.0. The number of benzene rings is 2. The molecule has 0 unspecified atom stereocenters. The summed E-state index contributed by atoms with van der Waals surface area (Å²) in [5, 5.41) is 3.00. The Balaban J connectivity index is 2.06. The summed E-state index contributed by atoms with van der Waals surface area (Å²) in [7, 11) is 0. The monoisotopic (exact) mass is 476 g/mol. The summed E-state index contributed by atoms with van der Waals surface area (Å²) in [5.41, 5.74) is 1.00. The fourth-order valence-electron chi connectivity index (χ4n) is 2.75. The number of amides is 2. The lowest BCUT2D eigenvalue weighted by Gasteiger charge is -2.29. The number of rotatable bonds is 10. The lowest BCUT2D eigenvalue weighted by Crippen LogP contribution is -2.49. The number of thioether (sulfide) groups is 1. The first-order valence-corrected chi connectivity index (χ1v) is 11.7. The summed E-state index contributed by atoms with van der Waals surface area (Å²) in [4.78, 5) is 28.5. The first kappa shape index (κ1) is 23.5. The first-order valence-electron chi connectivity index (χ1n) is 9.92. The maximum atomic E-state index is 13.0. The van der Waals surface area contributed by atoms with Gasteiger partial charge in [0.2, 0.25) is 11.8 Å². The molecule has 4 nitrogen and oxygen atoms in total. The Morgan fingerprint density at radius 3 is 2.34 bits per heavy atom. The molecule has 6 heteroatoms. The standard InChI is InChI=1S/C23H29BrN2O2S/c1-4-17(2)25-23(28)18(3)26(16-19-10-12-20(24)13-11-19)22(27)14-15-29-21-8-6-5-7-9-21/h5-13,17-18H,4,14-16H2,1-3H3,(H,25,28)/t17-,18+/m1/s1. The highest BCUT2D eigenvalue weighted by atomic mass is 79.9. The average Bonchev–Trinajstić information content (AvgIpc) is 2.73. The van der Waals surface area contributed by atoms with Crippen molar-refractivity contribution in [3.05, 3.63) is 64.6 Å². The Labute approximate surface area is 186 Å². The largest absolute Gasteiger partial charge is 0.352 e. The maximum Gasteiger partial charge on any atom is 0.242 e. The predicted octanol–water partition coefficient (Wildman–Crippen LogP) is 5.26. The molecule has 2 aromatic carbocycles. The number of halogens is 1. The van der Waals surface area contributed by atoms with Crippen LogP contribution in [0.25, 0.3) is 0 Å². The second-order valence-electron chi connectivity index (χ2n) is 7.05. The van der Waals surface area contributed by atoms with E-state index in [1.54, 1.807) is 23.6 Å². The molecule has 2 atom stereocenters. The van der Waals surface area contributed by atoms with Gasteiger partial charge in [-0.15, -0.1) is 11.8 Å². The summed E-state index contributed by atoms with van der Waals surface area (Å²) in [6.45, 7) is 6.22. The van der Waals surface area contributed by atoms with Crippen LogP contribution in [0.2, 0.25) is 0 Å². The topological polar surface area (TPSA) is 49.4 Å². The van der Waals surface area contributed by atoms with Crippen molar-refractivity contribution in [3.8, 4) is 0 Å². The molecular formula is C23H29BrN2O2S. The van der Waals surface area contributed by atoms with Gasteiger partial charge in [-0.2, -0.15) is 0 Å². The molecule has 0 aromatic heterocycles. The number of nitrogens with one attached hydrogen (secondary N) is 1. The van der Waals surface area contributed by atoms with E-state index in [-0.39, 0.29) is 17.9 Å². The molecule has 0 aliphatic rings. The van der Waals surface area contributed by atoms with E-state index in [0.29, 0.717) is 18.7 Å². The number of hydrogen-bond acceptors (Lipinski definition) is 3. The van der Waals surface area contributed by atoms with Crippen molar-refractivity contribution in [1.29, 1.82) is 0 Å². The fourth-order valence-corrected chi connectivity index (χ4v) is 3.88. The zero-order valence-electron chi connectivity index (χ0n) is 17.2. The molecule has 0 heterocycles. The van der Waals surface area contributed by atoms with Crippen LogP contribution in [0.1, 0.15) is 39.2 Å². The van der Waals surface area contributed by atoms with E-state index in [4.69, 9.17) is 0 Å². The molecule has 1 N–H and O–H groups in total. The van der Waals surface area contributed by atoms with Crippen molar-refractivity contribution >= 4 is 39.5 Å². The highest BCUT2D eigenvalue weighted by Gasteiger charge is 2.26. The summed E-state index contributed by atoms with van der Waals surface area (Å²) < 4.78 is 0.987. The van der Waals surface area contributed by atoms with Crippen LogP contribution < -0.4 is 5.32 Å². The molecule has 0 saturated heterocycles. The zero-order valence-corrected chi connectivity index (χ0v) is 19.6. The van der Waals surface area contributed by atoms with E-state index < -0.39 is 6.04 Å². The molecule has 0 bridgehead atoms. The van der Waals surface area contributed by atoms with Crippen LogP contribution in [-0.4, -0.2) is 34.6 Å². The van der Waals surface area contributed by atoms with Gasteiger partial charge in [0, 0.05) is 34.1 Å². The van der Waals surface area contributed by atoms with Gasteiger partial charge < -0.3 is 10.2 Å². The van der Waals surface area contributed by atoms with Crippen LogP contribution in [0.5, 0.6) is 0 Å². The van der Waals surface area contributed by atoms with Gasteiger partial charge >= 0.3 is 0 Å². The van der Waals surface area contributed by atoms with Crippen molar-refractivity contribution in [3.63, 3.8) is 0 Å². The fraction of sp³-hybridized carbons (Fsp3) is 0.391. The first-order chi connectivity index (χ1) is 13.9. The van der Waals surface area contributed by atoms with Gasteiger partial charge in [-0.25, -0.2) is 0 Å². The Hall–Kier alpha value is -1.79. The number of carbonyl (C=O) groups is 2. The highest BCUT2D eigenvalue weighted by Crippen LogP contribution is 2.20. The minimum absolute atomic E-state index is 0.0110. The van der Waals surface area contributed by atoms with Gasteiger partial charge in [0.25, 0.3) is 0 Å². The molecule has 0 aliphatic carbocycles. The minimum atomic E-state index is -0.526. The summed E-state index contributed by atoms with van der Waals surface area (Å²) in [5.74, 6) is 0.558. The van der Waals surface area contributed by atoms with Gasteiger partial charge in [-0.1, -0.05) is 53.2 Å². The molecule has 2 rings (SSSR count). The van der Waals surface area contributed by atoms with Crippen molar-refractivity contribution in [2.75, 3.05) is 5.75 Å². The van der Waals surface area contributed by atoms with E-state index in [9.17, 15) is 9.59 Å². The van der Waals surface area contributed by atoms with Crippen LogP contribution in [0, 0.1) is 0 Å². The number of nitrogens with zero attached hydrogens (tertiary/aromatic N) is 1. The smallest absolute Gasteiger partial charge is 0.242 e. The number of hydrogen-bond donors (Lipinski definition) is 1. The van der Waals surface area contributed by atoms with Crippen molar-refractivity contribution in [1.82, 2.24) is 10.2 Å². The average molecular weight is 477 g/mol. The molecular weight excluding hydrogens is 448 g/mol. The van der Waals surface area contributed by atoms with Gasteiger partial charge in [-0.3, -0.25) is 9.59 Å². The normalized spacial score (nSPS) is 12.8. The summed E-state index contributed by atoms with van der Waals surface area (Å²) in [6.07, 6.45) is 1.24. The number of carbonyl (C=O) groups excluding carboxylic acids is 2. The lowest BCUT2D eigenvalue weighted by molar-refractivity contribution is -0.140. The van der Waals surface area contributed by atoms with Gasteiger partial charge in [0.1, 0.15) is 6.04 Å². The van der Waals surface area contributed by atoms with E-state index in [1.165, 1.54) is 0 Å². The maximum absolute atomic E-state index is 13.0. The Morgan fingerprint density at radius 1 is 1.07 bits per heavy atom. The third-order valence-corrected chi connectivity index (χ3v) is 6.30. The van der Waals surface area contributed by atoms with Crippen LogP contribution in [0.3, 0.4) is 0 Å². The predicted molar refractivity (Wildman–Crippen MR) is 124 cm³/mol. The lowest BCUT2D eigenvalue weighted by atomic mass is 10.1. The third-order valence-electron chi connectivity index (χ3n) is 4.76. The molecule has 2 aromatic rings. The zero-order chi connectivity index (χ0) is 21.2. The Bertz CT molecular complexity index is 783. The van der Waals surface area contributed by atoms with E-state index in [2.05, 4.69) is 21.2 Å². The molecule has 0 spiro atoms. The van der Waals surface area contributed by atoms with Crippen LogP contribution >= 0.6 is 27.7 Å². The van der Waals surface area contributed by atoms with Crippen molar-refractivity contribution < 1.29 is 9.59 Å². The highest BCUT2D eigenvalue weighted by molar-refractivity contribution is 9.10. The Morgan fingerprint density at radius 2 is 1.72 bits per heavy atom. The molecule has 29 heavy (non-hydrogen) atoms. The summed E-state index contributed by atoms with van der Waals surface area (Å²) in [6, 6.07) is 17.5. The van der Waals surface area contributed by atoms with Crippen LogP contribution in [0.15, 0.2) is 64.0 Å².